The molecule has 1 saturated heterocycles. The number of hydrogen-bond donors (Lipinski definition) is 2. The van der Waals surface area contributed by atoms with Gasteiger partial charge in [-0.1, -0.05) is 19.3 Å². The van der Waals surface area contributed by atoms with Crippen molar-refractivity contribution in [3.63, 3.8) is 0 Å². The molecule has 2 aliphatic rings. The lowest BCUT2D eigenvalue weighted by molar-refractivity contribution is 0.373. The van der Waals surface area contributed by atoms with Gasteiger partial charge in [0, 0.05) is 6.04 Å². The quantitative estimate of drug-likeness (QED) is 0.886. The van der Waals surface area contributed by atoms with Gasteiger partial charge < -0.3 is 10.6 Å². The summed E-state index contributed by atoms with van der Waals surface area (Å²) >= 11 is 0. The third kappa shape index (κ3) is 3.92. The number of rotatable bonds is 4. The molecule has 1 unspecified atom stereocenters. The summed E-state index contributed by atoms with van der Waals surface area (Å²) in [7, 11) is 0. The van der Waals surface area contributed by atoms with Crippen LogP contribution in [-0.2, 0) is 6.42 Å². The summed E-state index contributed by atoms with van der Waals surface area (Å²) in [6.07, 6.45) is 14.2. The van der Waals surface area contributed by atoms with Crippen molar-refractivity contribution in [3.05, 3.63) is 18.1 Å². The van der Waals surface area contributed by atoms with Crippen molar-refractivity contribution in [2.45, 2.75) is 57.4 Å². The Morgan fingerprint density at radius 3 is 2.65 bits per heavy atom. The number of hydrogen-bond acceptors (Lipinski definition) is 4. The maximum Gasteiger partial charge on any atom is 0.144 e. The Labute approximate surface area is 121 Å². The Balaban J connectivity index is 1.51. The summed E-state index contributed by atoms with van der Waals surface area (Å²) in [4.78, 5) is 9.13. The van der Waals surface area contributed by atoms with E-state index < -0.39 is 0 Å². The smallest absolute Gasteiger partial charge is 0.144 e. The highest BCUT2D eigenvalue weighted by atomic mass is 15.0. The Morgan fingerprint density at radius 2 is 1.95 bits per heavy atom. The van der Waals surface area contributed by atoms with E-state index in [1.807, 2.05) is 12.4 Å². The number of nitrogens with one attached hydrogen (secondary N) is 2. The molecule has 2 heterocycles. The van der Waals surface area contributed by atoms with Gasteiger partial charge in [0.25, 0.3) is 0 Å². The minimum atomic E-state index is 0.603. The molecule has 20 heavy (non-hydrogen) atoms. The first kappa shape index (κ1) is 13.8. The van der Waals surface area contributed by atoms with Gasteiger partial charge in [0.2, 0.25) is 0 Å². The Morgan fingerprint density at radius 1 is 1.05 bits per heavy atom. The van der Waals surface area contributed by atoms with Crippen molar-refractivity contribution in [2.24, 2.45) is 5.92 Å². The average Bonchev–Trinajstić information content (AvgIpc) is 2.51. The maximum atomic E-state index is 4.59. The van der Waals surface area contributed by atoms with Gasteiger partial charge in [0.15, 0.2) is 0 Å². The number of nitrogens with zero attached hydrogens (tertiary/aromatic N) is 2. The van der Waals surface area contributed by atoms with E-state index in [4.69, 9.17) is 0 Å². The predicted molar refractivity (Wildman–Crippen MR) is 81.8 cm³/mol. The predicted octanol–water partition coefficient (Wildman–Crippen LogP) is 2.76. The zero-order chi connectivity index (χ0) is 13.6. The molecule has 4 heteroatoms. The van der Waals surface area contributed by atoms with Gasteiger partial charge in [-0.25, -0.2) is 4.98 Å². The van der Waals surface area contributed by atoms with Crippen LogP contribution in [0.15, 0.2) is 12.4 Å². The van der Waals surface area contributed by atoms with Crippen LogP contribution in [0.5, 0.6) is 0 Å². The molecule has 110 valence electrons. The molecule has 0 amide bonds. The summed E-state index contributed by atoms with van der Waals surface area (Å²) in [5.41, 5.74) is 1.13. The number of anilines is 1. The van der Waals surface area contributed by atoms with E-state index in [9.17, 15) is 0 Å². The Hall–Kier alpha value is -1.16. The second-order valence-electron chi connectivity index (χ2n) is 6.29. The zero-order valence-corrected chi connectivity index (χ0v) is 12.3. The molecular formula is C16H26N4. The molecule has 1 atom stereocenters. The molecule has 1 aliphatic heterocycles. The normalized spacial score (nSPS) is 24.5. The van der Waals surface area contributed by atoms with Crippen LogP contribution in [0.2, 0.25) is 0 Å². The first-order chi connectivity index (χ1) is 9.90. The van der Waals surface area contributed by atoms with Crippen molar-refractivity contribution >= 4 is 5.82 Å². The second-order valence-corrected chi connectivity index (χ2v) is 6.29. The van der Waals surface area contributed by atoms with Crippen molar-refractivity contribution in [3.8, 4) is 0 Å². The molecule has 3 rings (SSSR count). The molecule has 2 N–H and O–H groups in total. The SMILES string of the molecule is c1nc(NC2CCCCC2)cnc1CC1CCCNC1. The van der Waals surface area contributed by atoms with Crippen LogP contribution >= 0.6 is 0 Å². The summed E-state index contributed by atoms with van der Waals surface area (Å²) in [6, 6.07) is 0.603. The number of aromatic nitrogens is 2. The van der Waals surface area contributed by atoms with E-state index in [1.165, 1.54) is 51.5 Å². The number of piperidine rings is 1. The van der Waals surface area contributed by atoms with Crippen molar-refractivity contribution in [2.75, 3.05) is 18.4 Å². The first-order valence-corrected chi connectivity index (χ1v) is 8.18. The summed E-state index contributed by atoms with van der Waals surface area (Å²) in [5.74, 6) is 1.68. The van der Waals surface area contributed by atoms with Gasteiger partial charge >= 0.3 is 0 Å². The molecule has 0 spiro atoms. The molecule has 1 aromatic rings. The average molecular weight is 274 g/mol. The second kappa shape index (κ2) is 7.02. The summed E-state index contributed by atoms with van der Waals surface area (Å²) in [6.45, 7) is 2.30. The maximum absolute atomic E-state index is 4.59. The third-order valence-corrected chi connectivity index (χ3v) is 4.56. The minimum Gasteiger partial charge on any atom is -0.366 e. The van der Waals surface area contributed by atoms with Crippen LogP contribution in [0.3, 0.4) is 0 Å². The third-order valence-electron chi connectivity index (χ3n) is 4.56. The molecule has 0 aromatic carbocycles. The van der Waals surface area contributed by atoms with Gasteiger partial charge in [0.1, 0.15) is 5.82 Å². The van der Waals surface area contributed by atoms with E-state index in [-0.39, 0.29) is 0 Å². The van der Waals surface area contributed by atoms with Crippen LogP contribution in [0.1, 0.15) is 50.6 Å². The highest BCUT2D eigenvalue weighted by Crippen LogP contribution is 2.21. The van der Waals surface area contributed by atoms with Crippen LogP contribution in [0.25, 0.3) is 0 Å². The Bertz CT molecular complexity index is 352. The lowest BCUT2D eigenvalue weighted by Gasteiger charge is -2.23. The Kier molecular flexibility index (Phi) is 4.85. The fourth-order valence-corrected chi connectivity index (χ4v) is 3.38. The molecule has 1 saturated carbocycles. The van der Waals surface area contributed by atoms with Crippen molar-refractivity contribution in [1.29, 1.82) is 0 Å². The van der Waals surface area contributed by atoms with E-state index in [1.54, 1.807) is 0 Å². The minimum absolute atomic E-state index is 0.603. The van der Waals surface area contributed by atoms with E-state index in [0.717, 1.165) is 30.4 Å². The fourth-order valence-electron chi connectivity index (χ4n) is 3.38. The van der Waals surface area contributed by atoms with Crippen molar-refractivity contribution < 1.29 is 0 Å². The van der Waals surface area contributed by atoms with E-state index >= 15 is 0 Å². The van der Waals surface area contributed by atoms with Crippen molar-refractivity contribution in [1.82, 2.24) is 15.3 Å². The highest BCUT2D eigenvalue weighted by Gasteiger charge is 2.15. The summed E-state index contributed by atoms with van der Waals surface area (Å²) < 4.78 is 0. The van der Waals surface area contributed by atoms with Crippen LogP contribution < -0.4 is 10.6 Å². The monoisotopic (exact) mass is 274 g/mol. The van der Waals surface area contributed by atoms with Gasteiger partial charge in [-0.2, -0.15) is 0 Å². The molecular weight excluding hydrogens is 248 g/mol. The lowest BCUT2D eigenvalue weighted by atomic mass is 9.95. The van der Waals surface area contributed by atoms with Crippen LogP contribution in [0.4, 0.5) is 5.82 Å². The van der Waals surface area contributed by atoms with E-state index in [2.05, 4.69) is 20.6 Å². The highest BCUT2D eigenvalue weighted by molar-refractivity contribution is 5.32. The van der Waals surface area contributed by atoms with Crippen LogP contribution in [0, 0.1) is 5.92 Å². The standard InChI is InChI=1S/C16H26N4/c1-2-6-14(7-3-1)20-16-12-18-15(11-19-16)9-13-5-4-8-17-10-13/h11-14,17H,1-10H2,(H,19,20). The first-order valence-electron chi connectivity index (χ1n) is 8.18. The van der Waals surface area contributed by atoms with E-state index in [0.29, 0.717) is 6.04 Å². The molecule has 1 aliphatic carbocycles. The summed E-state index contributed by atoms with van der Waals surface area (Å²) in [5, 5.41) is 6.99. The van der Waals surface area contributed by atoms with Gasteiger partial charge in [-0.3, -0.25) is 4.98 Å². The largest absolute Gasteiger partial charge is 0.366 e. The molecule has 1 aromatic heterocycles. The molecule has 0 radical (unpaired) electrons. The van der Waals surface area contributed by atoms with Crippen LogP contribution in [-0.4, -0.2) is 29.1 Å². The zero-order valence-electron chi connectivity index (χ0n) is 12.3. The molecule has 2 fully saturated rings. The topological polar surface area (TPSA) is 49.8 Å². The fraction of sp³-hybridized carbons (Fsp3) is 0.750. The lowest BCUT2D eigenvalue weighted by Crippen LogP contribution is -2.31. The van der Waals surface area contributed by atoms with Gasteiger partial charge in [0.05, 0.1) is 18.1 Å². The molecule has 4 nitrogen and oxygen atoms in total. The van der Waals surface area contributed by atoms with Gasteiger partial charge in [-0.15, -0.1) is 0 Å². The van der Waals surface area contributed by atoms with Gasteiger partial charge in [-0.05, 0) is 51.1 Å². The molecule has 0 bridgehead atoms.